The molecule has 2 rings (SSSR count). The topological polar surface area (TPSA) is 64.0 Å². The number of aryl methyl sites for hydroxylation is 2. The van der Waals surface area contributed by atoms with Gasteiger partial charge in [0.1, 0.15) is 5.82 Å². The van der Waals surface area contributed by atoms with Gasteiger partial charge in [-0.2, -0.15) is 5.10 Å². The first-order valence-corrected chi connectivity index (χ1v) is 8.78. The Kier molecular flexibility index (Phi) is 4.33. The van der Waals surface area contributed by atoms with Crippen LogP contribution in [0.1, 0.15) is 38.4 Å². The lowest BCUT2D eigenvalue weighted by Crippen LogP contribution is -2.17. The van der Waals surface area contributed by atoms with Crippen molar-refractivity contribution in [1.82, 2.24) is 9.78 Å². The third-order valence-corrected chi connectivity index (χ3v) is 5.44. The summed E-state index contributed by atoms with van der Waals surface area (Å²) in [4.78, 5) is 0.252. The van der Waals surface area contributed by atoms with E-state index in [9.17, 15) is 8.42 Å². The summed E-state index contributed by atoms with van der Waals surface area (Å²) in [6.45, 7) is 8.23. The zero-order chi connectivity index (χ0) is 16.5. The second kappa shape index (κ2) is 5.76. The number of hydrogen-bond donors (Lipinski definition) is 1. The summed E-state index contributed by atoms with van der Waals surface area (Å²) >= 11 is 0. The van der Waals surface area contributed by atoms with Gasteiger partial charge in [-0.1, -0.05) is 32.9 Å². The number of nitrogens with zero attached hydrogens (tertiary/aromatic N) is 2. The Labute approximate surface area is 132 Å². The fourth-order valence-corrected chi connectivity index (χ4v) is 3.27. The maximum Gasteiger partial charge on any atom is 0.263 e. The number of hydrogen-bond acceptors (Lipinski definition) is 3. The lowest BCUT2D eigenvalue weighted by atomic mass is 9.82. The number of rotatable bonds is 5. The molecule has 0 radical (unpaired) electrons. The maximum atomic E-state index is 12.4. The molecule has 1 heterocycles. The van der Waals surface area contributed by atoms with Crippen molar-refractivity contribution in [3.8, 4) is 0 Å². The smallest absolute Gasteiger partial charge is 0.263 e. The van der Waals surface area contributed by atoms with Gasteiger partial charge in [0.25, 0.3) is 10.0 Å². The molecule has 0 spiro atoms. The average molecular weight is 321 g/mol. The third-order valence-electron chi connectivity index (χ3n) is 4.07. The first-order chi connectivity index (χ1) is 10.2. The van der Waals surface area contributed by atoms with E-state index >= 15 is 0 Å². The molecule has 0 aliphatic heterocycles. The van der Waals surface area contributed by atoms with Crippen LogP contribution >= 0.6 is 0 Å². The Hall–Kier alpha value is -1.82. The van der Waals surface area contributed by atoms with Crippen molar-refractivity contribution in [3.05, 3.63) is 41.6 Å². The minimum atomic E-state index is -3.60. The molecule has 22 heavy (non-hydrogen) atoms. The van der Waals surface area contributed by atoms with E-state index in [1.165, 1.54) is 4.68 Å². The van der Waals surface area contributed by atoms with Crippen LogP contribution in [0.25, 0.3) is 0 Å². The number of nitrogens with one attached hydrogen (secondary N) is 1. The molecule has 0 fully saturated rings. The first-order valence-electron chi connectivity index (χ1n) is 7.30. The van der Waals surface area contributed by atoms with Crippen molar-refractivity contribution in [2.24, 2.45) is 7.05 Å². The van der Waals surface area contributed by atoms with Crippen molar-refractivity contribution >= 4 is 15.8 Å². The summed E-state index contributed by atoms with van der Waals surface area (Å²) in [5.74, 6) is 0.454. The molecule has 0 atom stereocenters. The molecule has 0 unspecified atom stereocenters. The van der Waals surface area contributed by atoms with E-state index < -0.39 is 10.0 Å². The zero-order valence-corrected chi connectivity index (χ0v) is 14.5. The fraction of sp³-hybridized carbons (Fsp3) is 0.438. The highest BCUT2D eigenvalue weighted by Gasteiger charge is 2.20. The van der Waals surface area contributed by atoms with Gasteiger partial charge >= 0.3 is 0 Å². The van der Waals surface area contributed by atoms with Gasteiger partial charge in [-0.3, -0.25) is 9.40 Å². The van der Waals surface area contributed by atoms with Gasteiger partial charge in [0.2, 0.25) is 0 Å². The molecule has 0 amide bonds. The first kappa shape index (κ1) is 16.5. The number of aromatic nitrogens is 2. The average Bonchev–Trinajstić information content (AvgIpc) is 2.76. The molecule has 120 valence electrons. The lowest BCUT2D eigenvalue weighted by Gasteiger charge is -2.23. The van der Waals surface area contributed by atoms with E-state index in [1.54, 1.807) is 25.2 Å². The summed E-state index contributed by atoms with van der Waals surface area (Å²) < 4.78 is 29.0. The van der Waals surface area contributed by atoms with Gasteiger partial charge in [-0.25, -0.2) is 8.42 Å². The summed E-state index contributed by atoms with van der Waals surface area (Å²) in [6.07, 6.45) is 0.992. The van der Waals surface area contributed by atoms with Gasteiger partial charge in [-0.15, -0.1) is 0 Å². The second-order valence-corrected chi connectivity index (χ2v) is 7.84. The van der Waals surface area contributed by atoms with Crippen LogP contribution in [0.5, 0.6) is 0 Å². The molecule has 0 saturated heterocycles. The molecule has 2 aromatic rings. The van der Waals surface area contributed by atoms with E-state index in [4.69, 9.17) is 0 Å². The molecule has 0 aliphatic rings. The SMILES string of the molecule is CCC(C)(C)c1ccc(S(=O)(=O)Nc2cc(C)nn2C)cc1. The van der Waals surface area contributed by atoms with E-state index in [0.717, 1.165) is 17.7 Å². The quantitative estimate of drug-likeness (QED) is 0.919. The Morgan fingerprint density at radius 1 is 1.23 bits per heavy atom. The molecule has 1 N–H and O–H groups in total. The van der Waals surface area contributed by atoms with Crippen molar-refractivity contribution in [3.63, 3.8) is 0 Å². The molecule has 5 nitrogen and oxygen atoms in total. The monoisotopic (exact) mass is 321 g/mol. The molecule has 0 saturated carbocycles. The highest BCUT2D eigenvalue weighted by molar-refractivity contribution is 7.92. The highest BCUT2D eigenvalue weighted by Crippen LogP contribution is 2.27. The molecule has 0 bridgehead atoms. The molecular formula is C16H23N3O2S. The van der Waals surface area contributed by atoms with Crippen LogP contribution in [0.2, 0.25) is 0 Å². The van der Waals surface area contributed by atoms with Crippen molar-refractivity contribution < 1.29 is 8.42 Å². The number of benzene rings is 1. The van der Waals surface area contributed by atoms with E-state index in [0.29, 0.717) is 5.82 Å². The van der Waals surface area contributed by atoms with Crippen LogP contribution in [-0.2, 0) is 22.5 Å². The van der Waals surface area contributed by atoms with E-state index in [1.807, 2.05) is 19.1 Å². The van der Waals surface area contributed by atoms with Gasteiger partial charge in [0.15, 0.2) is 0 Å². The Bertz CT molecular complexity index is 759. The summed E-state index contributed by atoms with van der Waals surface area (Å²) in [5, 5.41) is 4.14. The van der Waals surface area contributed by atoms with Gasteiger partial charge in [-0.05, 0) is 36.5 Å². The van der Waals surface area contributed by atoms with Crippen molar-refractivity contribution in [1.29, 1.82) is 0 Å². The molecule has 1 aromatic carbocycles. The minimum Gasteiger partial charge on any atom is -0.264 e. The largest absolute Gasteiger partial charge is 0.264 e. The Balaban J connectivity index is 2.29. The third kappa shape index (κ3) is 3.32. The number of sulfonamides is 1. The predicted molar refractivity (Wildman–Crippen MR) is 88.5 cm³/mol. The van der Waals surface area contributed by atoms with Crippen LogP contribution in [-0.4, -0.2) is 18.2 Å². The predicted octanol–water partition coefficient (Wildman–Crippen LogP) is 3.22. The van der Waals surface area contributed by atoms with Crippen LogP contribution < -0.4 is 4.72 Å². The minimum absolute atomic E-state index is 0.0366. The van der Waals surface area contributed by atoms with Crippen LogP contribution in [0.4, 0.5) is 5.82 Å². The zero-order valence-electron chi connectivity index (χ0n) is 13.7. The summed E-state index contributed by atoms with van der Waals surface area (Å²) in [6, 6.07) is 8.77. The normalized spacial score (nSPS) is 12.4. The van der Waals surface area contributed by atoms with Crippen molar-refractivity contribution in [2.75, 3.05) is 4.72 Å². The van der Waals surface area contributed by atoms with Gasteiger partial charge in [0.05, 0.1) is 10.6 Å². The van der Waals surface area contributed by atoms with Crippen molar-refractivity contribution in [2.45, 2.75) is 44.4 Å². The van der Waals surface area contributed by atoms with Crippen LogP contribution in [0.3, 0.4) is 0 Å². The summed E-state index contributed by atoms with van der Waals surface area (Å²) in [7, 11) is -1.90. The number of anilines is 1. The Morgan fingerprint density at radius 3 is 2.27 bits per heavy atom. The van der Waals surface area contributed by atoms with E-state index in [-0.39, 0.29) is 10.3 Å². The Morgan fingerprint density at radius 2 is 1.82 bits per heavy atom. The lowest BCUT2D eigenvalue weighted by molar-refractivity contribution is 0.506. The van der Waals surface area contributed by atoms with Gasteiger partial charge < -0.3 is 0 Å². The summed E-state index contributed by atoms with van der Waals surface area (Å²) in [5.41, 5.74) is 1.93. The molecule has 1 aromatic heterocycles. The van der Waals surface area contributed by atoms with Crippen LogP contribution in [0.15, 0.2) is 35.2 Å². The fourth-order valence-electron chi connectivity index (χ4n) is 2.19. The molecule has 6 heteroatoms. The van der Waals surface area contributed by atoms with E-state index in [2.05, 4.69) is 30.6 Å². The standard InChI is InChI=1S/C16H23N3O2S/c1-6-16(3,4)13-7-9-14(10-8-13)22(20,21)18-15-11-12(2)17-19(15)5/h7-11,18H,6H2,1-5H3. The second-order valence-electron chi connectivity index (χ2n) is 6.16. The molecular weight excluding hydrogens is 298 g/mol. The highest BCUT2D eigenvalue weighted by atomic mass is 32.2. The maximum absolute atomic E-state index is 12.4. The van der Waals surface area contributed by atoms with Gasteiger partial charge in [0, 0.05) is 13.1 Å². The molecule has 0 aliphatic carbocycles. The van der Waals surface area contributed by atoms with Crippen LogP contribution in [0, 0.1) is 6.92 Å².